The van der Waals surface area contributed by atoms with Gasteiger partial charge < -0.3 is 9.13 Å². The Morgan fingerprint density at radius 1 is 0.304 bits per heavy atom. The highest BCUT2D eigenvalue weighted by molar-refractivity contribution is 6.17. The lowest BCUT2D eigenvalue weighted by atomic mass is 9.98. The van der Waals surface area contributed by atoms with Gasteiger partial charge in [-0.25, -0.2) is 15.0 Å². The second kappa shape index (κ2) is 13.0. The molecule has 0 N–H and O–H groups in total. The molecule has 0 atom stereocenters. The van der Waals surface area contributed by atoms with Crippen LogP contribution in [0.25, 0.3) is 100 Å². The fraction of sp³-hybridized carbons (Fsp3) is 0. The maximum Gasteiger partial charge on any atom is 0.166 e. The van der Waals surface area contributed by atoms with Crippen molar-refractivity contribution in [2.24, 2.45) is 0 Å². The van der Waals surface area contributed by atoms with Crippen molar-refractivity contribution in [1.29, 1.82) is 0 Å². The monoisotopic (exact) mass is 715 g/mol. The first-order valence-corrected chi connectivity index (χ1v) is 18.9. The van der Waals surface area contributed by atoms with E-state index in [4.69, 9.17) is 15.0 Å². The third-order valence-electron chi connectivity index (χ3n) is 10.8. The highest BCUT2D eigenvalue weighted by Gasteiger charge is 2.21. The second-order valence-electron chi connectivity index (χ2n) is 14.0. The number of fused-ring (bicyclic) bond motifs is 6. The number of benzene rings is 8. The molecule has 11 rings (SSSR count). The van der Waals surface area contributed by atoms with Crippen molar-refractivity contribution in [2.75, 3.05) is 0 Å². The predicted octanol–water partition coefficient (Wildman–Crippen LogP) is 12.7. The number of hydrogen-bond acceptors (Lipinski definition) is 3. The Hall–Kier alpha value is -7.63. The summed E-state index contributed by atoms with van der Waals surface area (Å²) in [5.74, 6) is 1.89. The minimum atomic E-state index is 0.620. The summed E-state index contributed by atoms with van der Waals surface area (Å²) in [6.45, 7) is 0. The molecule has 0 amide bonds. The highest BCUT2D eigenvalue weighted by atomic mass is 15.1. The molecule has 0 saturated heterocycles. The molecule has 5 nitrogen and oxygen atoms in total. The Labute approximate surface area is 323 Å². The molecule has 0 saturated carbocycles. The second-order valence-corrected chi connectivity index (χ2v) is 14.0. The minimum Gasteiger partial charge on any atom is -0.309 e. The number of para-hydroxylation sites is 4. The Bertz CT molecular complexity index is 3180. The van der Waals surface area contributed by atoms with E-state index in [-0.39, 0.29) is 0 Å². The van der Waals surface area contributed by atoms with Gasteiger partial charge in [0.15, 0.2) is 17.5 Å². The van der Waals surface area contributed by atoms with E-state index in [1.54, 1.807) is 0 Å². The number of nitrogens with zero attached hydrogens (tertiary/aromatic N) is 5. The third-order valence-corrected chi connectivity index (χ3v) is 10.8. The fourth-order valence-corrected chi connectivity index (χ4v) is 8.30. The van der Waals surface area contributed by atoms with Crippen molar-refractivity contribution in [3.63, 3.8) is 0 Å². The third kappa shape index (κ3) is 5.13. The van der Waals surface area contributed by atoms with Crippen molar-refractivity contribution >= 4 is 43.6 Å². The first-order valence-electron chi connectivity index (χ1n) is 18.9. The van der Waals surface area contributed by atoms with Gasteiger partial charge in [0.25, 0.3) is 0 Å². The zero-order chi connectivity index (χ0) is 37.0. The average molecular weight is 716 g/mol. The van der Waals surface area contributed by atoms with E-state index in [2.05, 4.69) is 149 Å². The summed E-state index contributed by atoms with van der Waals surface area (Å²) in [7, 11) is 0. The van der Waals surface area contributed by atoms with Gasteiger partial charge in [-0.15, -0.1) is 0 Å². The van der Waals surface area contributed by atoms with Crippen molar-refractivity contribution in [2.45, 2.75) is 0 Å². The number of aromatic nitrogens is 5. The van der Waals surface area contributed by atoms with Crippen LogP contribution in [0.15, 0.2) is 200 Å². The molecule has 0 spiro atoms. The summed E-state index contributed by atoms with van der Waals surface area (Å²) in [6, 6.07) is 70.4. The SMILES string of the molecule is c1ccc(-c2nc(-c3ccccc3)nc(-c3ccccc3-n3c4ccccc4c4c(-c5ccc6c7ccccc7n(-c7ccccc7)c6c5)cccc43)n2)cc1. The van der Waals surface area contributed by atoms with Crippen LogP contribution < -0.4 is 0 Å². The lowest BCUT2D eigenvalue weighted by Gasteiger charge is -2.15. The van der Waals surface area contributed by atoms with Gasteiger partial charge in [-0.05, 0) is 59.7 Å². The molecular weight excluding hydrogens is 683 g/mol. The summed E-state index contributed by atoms with van der Waals surface area (Å²) in [4.78, 5) is 15.2. The van der Waals surface area contributed by atoms with Crippen LogP contribution in [0, 0.1) is 0 Å². The van der Waals surface area contributed by atoms with E-state index in [0.717, 1.165) is 44.7 Å². The van der Waals surface area contributed by atoms with Crippen LogP contribution in [0.2, 0.25) is 0 Å². The summed E-state index contributed by atoms with van der Waals surface area (Å²) in [5, 5.41) is 4.86. The quantitative estimate of drug-likeness (QED) is 0.172. The van der Waals surface area contributed by atoms with Gasteiger partial charge in [0, 0.05) is 43.9 Å². The Kier molecular flexibility index (Phi) is 7.42. The fourth-order valence-electron chi connectivity index (χ4n) is 8.30. The largest absolute Gasteiger partial charge is 0.309 e. The van der Waals surface area contributed by atoms with Gasteiger partial charge in [0.05, 0.1) is 27.8 Å². The molecule has 3 heterocycles. The van der Waals surface area contributed by atoms with Crippen LogP contribution in [-0.4, -0.2) is 24.1 Å². The Morgan fingerprint density at radius 2 is 0.821 bits per heavy atom. The molecule has 56 heavy (non-hydrogen) atoms. The molecule has 5 heteroatoms. The van der Waals surface area contributed by atoms with Crippen molar-refractivity contribution in [3.8, 4) is 56.7 Å². The highest BCUT2D eigenvalue weighted by Crippen LogP contribution is 2.42. The predicted molar refractivity (Wildman–Crippen MR) is 230 cm³/mol. The molecule has 0 unspecified atom stereocenters. The molecule has 0 radical (unpaired) electrons. The lowest BCUT2D eigenvalue weighted by Crippen LogP contribution is -2.03. The smallest absolute Gasteiger partial charge is 0.166 e. The number of hydrogen-bond donors (Lipinski definition) is 0. The van der Waals surface area contributed by atoms with E-state index in [0.29, 0.717) is 17.5 Å². The van der Waals surface area contributed by atoms with Crippen LogP contribution in [0.5, 0.6) is 0 Å². The number of rotatable bonds is 6. The molecular formula is C51H33N5. The van der Waals surface area contributed by atoms with Crippen LogP contribution in [0.1, 0.15) is 0 Å². The van der Waals surface area contributed by atoms with E-state index >= 15 is 0 Å². The van der Waals surface area contributed by atoms with E-state index in [1.807, 2.05) is 60.7 Å². The zero-order valence-electron chi connectivity index (χ0n) is 30.3. The molecule has 262 valence electrons. The molecule has 0 bridgehead atoms. The van der Waals surface area contributed by atoms with E-state index < -0.39 is 0 Å². The molecule has 0 aliphatic rings. The van der Waals surface area contributed by atoms with Crippen LogP contribution in [-0.2, 0) is 0 Å². The van der Waals surface area contributed by atoms with Gasteiger partial charge in [0.2, 0.25) is 0 Å². The molecule has 11 aromatic rings. The van der Waals surface area contributed by atoms with E-state index in [9.17, 15) is 0 Å². The van der Waals surface area contributed by atoms with Crippen LogP contribution in [0.3, 0.4) is 0 Å². The standard InChI is InChI=1S/C51H33N5/c1-4-17-34(18-5-1)49-52-50(35-19-6-2-7-20-35)54-51(53-49)42-25-12-15-29-45(42)56-44-28-14-11-24-41(44)48-38(26-16-30-46(48)56)36-31-32-40-39-23-10-13-27-43(39)55(47(40)33-36)37-21-8-3-9-22-37/h1-33H. The molecule has 0 aliphatic heterocycles. The van der Waals surface area contributed by atoms with Gasteiger partial charge in [-0.2, -0.15) is 0 Å². The molecule has 8 aromatic carbocycles. The Morgan fingerprint density at radius 3 is 1.54 bits per heavy atom. The van der Waals surface area contributed by atoms with Gasteiger partial charge in [-0.1, -0.05) is 152 Å². The van der Waals surface area contributed by atoms with Gasteiger partial charge in [-0.3, -0.25) is 0 Å². The van der Waals surface area contributed by atoms with Crippen LogP contribution in [0.4, 0.5) is 0 Å². The first-order chi connectivity index (χ1) is 27.8. The summed E-state index contributed by atoms with van der Waals surface area (Å²) < 4.78 is 4.76. The van der Waals surface area contributed by atoms with Gasteiger partial charge in [0.1, 0.15) is 0 Å². The van der Waals surface area contributed by atoms with E-state index in [1.165, 1.54) is 38.1 Å². The van der Waals surface area contributed by atoms with Crippen LogP contribution >= 0.6 is 0 Å². The van der Waals surface area contributed by atoms with Crippen molar-refractivity contribution < 1.29 is 0 Å². The molecule has 3 aromatic heterocycles. The molecule has 0 fully saturated rings. The summed E-state index contributed by atoms with van der Waals surface area (Å²) in [5.41, 5.74) is 11.9. The van der Waals surface area contributed by atoms with Gasteiger partial charge >= 0.3 is 0 Å². The summed E-state index contributed by atoms with van der Waals surface area (Å²) >= 11 is 0. The maximum atomic E-state index is 5.14. The topological polar surface area (TPSA) is 48.5 Å². The van der Waals surface area contributed by atoms with Crippen molar-refractivity contribution in [3.05, 3.63) is 200 Å². The minimum absolute atomic E-state index is 0.620. The lowest BCUT2D eigenvalue weighted by molar-refractivity contribution is 1.06. The Balaban J connectivity index is 1.15. The maximum absolute atomic E-state index is 5.14. The van der Waals surface area contributed by atoms with Crippen molar-refractivity contribution in [1.82, 2.24) is 24.1 Å². The summed E-state index contributed by atoms with van der Waals surface area (Å²) in [6.07, 6.45) is 0. The zero-order valence-corrected chi connectivity index (χ0v) is 30.3. The average Bonchev–Trinajstić information content (AvgIpc) is 3.80. The first kappa shape index (κ1) is 31.9. The molecule has 0 aliphatic carbocycles. The normalized spacial score (nSPS) is 11.6.